The lowest BCUT2D eigenvalue weighted by molar-refractivity contribution is -0.271. The number of carbonyl (C=O) groups excluding carboxylic acids is 1. The molecule has 0 unspecified atom stereocenters. The van der Waals surface area contributed by atoms with Crippen LogP contribution in [0, 0.1) is 5.41 Å². The molecule has 0 bridgehead atoms. The fourth-order valence-electron chi connectivity index (χ4n) is 5.16. The molecule has 2 aliphatic rings. The minimum Gasteiger partial charge on any atom is -0.479 e. The van der Waals surface area contributed by atoms with Crippen molar-refractivity contribution in [1.82, 2.24) is 0 Å². The van der Waals surface area contributed by atoms with Gasteiger partial charge in [0.15, 0.2) is 11.9 Å². The predicted molar refractivity (Wildman–Crippen MR) is 156 cm³/mol. The van der Waals surface area contributed by atoms with Crippen LogP contribution < -0.4 is 4.74 Å². The number of ketones is 1. The molecule has 0 spiro atoms. The fraction of sp³-hybridized carbons (Fsp3) is 0.455. The molecule has 222 valence electrons. The Labute approximate surface area is 242 Å². The molecular formula is C33H42O8. The van der Waals surface area contributed by atoms with Gasteiger partial charge in [0.05, 0.1) is 0 Å². The summed E-state index contributed by atoms with van der Waals surface area (Å²) in [5, 5.41) is 39.0. The highest BCUT2D eigenvalue weighted by molar-refractivity contribution is 5.92. The molecule has 41 heavy (non-hydrogen) atoms. The molecule has 1 fully saturated rings. The van der Waals surface area contributed by atoms with Crippen LogP contribution in [0.2, 0.25) is 0 Å². The van der Waals surface area contributed by atoms with Crippen LogP contribution in [0.1, 0.15) is 59.4 Å². The van der Waals surface area contributed by atoms with Gasteiger partial charge in [0.2, 0.25) is 6.29 Å². The summed E-state index contributed by atoms with van der Waals surface area (Å²) in [6.07, 6.45) is 7.17. The van der Waals surface area contributed by atoms with Crippen LogP contribution in [0.25, 0.3) is 0 Å². The summed E-state index contributed by atoms with van der Waals surface area (Å²) in [5.41, 5.74) is 5.77. The first-order chi connectivity index (χ1) is 19.3. The van der Waals surface area contributed by atoms with E-state index in [0.717, 1.165) is 23.1 Å². The van der Waals surface area contributed by atoms with Crippen LogP contribution in [0.3, 0.4) is 0 Å². The van der Waals surface area contributed by atoms with E-state index in [9.17, 15) is 24.9 Å². The predicted octanol–water partition coefficient (Wildman–Crippen LogP) is 4.60. The molecule has 3 rings (SSSR count). The van der Waals surface area contributed by atoms with Gasteiger partial charge in [0.1, 0.15) is 24.1 Å². The number of carboxylic acid groups (broad SMARTS) is 1. The van der Waals surface area contributed by atoms with E-state index in [0.29, 0.717) is 0 Å². The van der Waals surface area contributed by atoms with E-state index in [1.807, 2.05) is 25.2 Å². The standard InChI is InChI=1S/C33H42O8/c1-20(11-16-26-22(3)10-7-17-33(26,4)5)8-6-9-21(2)18-24(34)19-23-12-14-25(15-13-23)40-32-29(37)27(35)28(36)30(41-32)31(38)39/h6,8-9,11-16,18,27-30,32,35-37H,7,10,17,19H2,1-5H3,(H,38,39)/b9-6+,16-11+,20-8+,21-18+/t27-,28-,29+,30-,32+/m1/s1. The molecule has 1 aromatic carbocycles. The van der Waals surface area contributed by atoms with Gasteiger partial charge >= 0.3 is 5.97 Å². The lowest BCUT2D eigenvalue weighted by Crippen LogP contribution is -2.61. The number of allylic oxidation sites excluding steroid dienone is 10. The van der Waals surface area contributed by atoms with Crippen molar-refractivity contribution >= 4 is 11.8 Å². The van der Waals surface area contributed by atoms with Crippen LogP contribution >= 0.6 is 0 Å². The Morgan fingerprint density at radius 1 is 1.02 bits per heavy atom. The average molecular weight is 567 g/mol. The maximum atomic E-state index is 12.6. The molecule has 0 aromatic heterocycles. The van der Waals surface area contributed by atoms with E-state index in [1.165, 1.54) is 24.0 Å². The van der Waals surface area contributed by atoms with Gasteiger partial charge in [0.25, 0.3) is 0 Å². The molecule has 0 saturated carbocycles. The molecule has 1 aromatic rings. The van der Waals surface area contributed by atoms with Crippen molar-refractivity contribution in [3.8, 4) is 5.75 Å². The first kappa shape index (κ1) is 32.2. The summed E-state index contributed by atoms with van der Waals surface area (Å²) >= 11 is 0. The summed E-state index contributed by atoms with van der Waals surface area (Å²) in [6, 6.07) is 6.44. The number of carbonyl (C=O) groups is 2. The van der Waals surface area contributed by atoms with E-state index in [4.69, 9.17) is 14.6 Å². The van der Waals surface area contributed by atoms with Gasteiger partial charge in [-0.2, -0.15) is 0 Å². The number of rotatable bonds is 10. The van der Waals surface area contributed by atoms with E-state index < -0.39 is 36.7 Å². The van der Waals surface area contributed by atoms with Crippen LogP contribution in [0.15, 0.2) is 83.0 Å². The van der Waals surface area contributed by atoms with Gasteiger partial charge in [-0.25, -0.2) is 4.79 Å². The van der Waals surface area contributed by atoms with E-state index in [-0.39, 0.29) is 23.4 Å². The molecule has 0 amide bonds. The third kappa shape index (κ3) is 8.84. The molecule has 5 atom stereocenters. The number of carboxylic acids is 1. The van der Waals surface area contributed by atoms with Crippen molar-refractivity contribution in [2.45, 2.75) is 91.0 Å². The third-order valence-corrected chi connectivity index (χ3v) is 7.53. The zero-order valence-corrected chi connectivity index (χ0v) is 24.4. The van der Waals surface area contributed by atoms with Crippen LogP contribution in [-0.4, -0.2) is 62.9 Å². The first-order valence-electron chi connectivity index (χ1n) is 13.9. The Morgan fingerprint density at radius 3 is 2.34 bits per heavy atom. The number of aliphatic hydroxyl groups excluding tert-OH is 3. The van der Waals surface area contributed by atoms with Crippen molar-refractivity contribution in [3.63, 3.8) is 0 Å². The lowest BCUT2D eigenvalue weighted by atomic mass is 9.72. The second kappa shape index (κ2) is 14.0. The SMILES string of the molecule is CC1=C(/C=C/C(C)=C/C=C/C(C)=C/C(=O)Cc2ccc(O[C@H]3O[C@@H](C(=O)O)[C@H](O)[C@@H](O)[C@@H]3O)cc2)C(C)(C)CCC1. The Bertz CT molecular complexity index is 1250. The molecule has 4 N–H and O–H groups in total. The quantitative estimate of drug-likeness (QED) is 0.239. The highest BCUT2D eigenvalue weighted by Gasteiger charge is 2.48. The summed E-state index contributed by atoms with van der Waals surface area (Å²) < 4.78 is 10.6. The Kier molecular flexibility index (Phi) is 11.0. The van der Waals surface area contributed by atoms with Crippen molar-refractivity contribution < 1.29 is 39.5 Å². The topological polar surface area (TPSA) is 134 Å². The number of benzene rings is 1. The van der Waals surface area contributed by atoms with Crippen molar-refractivity contribution in [3.05, 3.63) is 88.6 Å². The van der Waals surface area contributed by atoms with Crippen LogP contribution in [0.4, 0.5) is 0 Å². The first-order valence-corrected chi connectivity index (χ1v) is 13.9. The van der Waals surface area contributed by atoms with Gasteiger partial charge in [-0.05, 0) is 80.4 Å². The maximum absolute atomic E-state index is 12.6. The number of aliphatic hydroxyl groups is 3. The highest BCUT2D eigenvalue weighted by atomic mass is 16.7. The second-order valence-corrected chi connectivity index (χ2v) is 11.6. The normalized spacial score (nSPS) is 27.5. The zero-order valence-electron chi connectivity index (χ0n) is 24.4. The third-order valence-electron chi connectivity index (χ3n) is 7.53. The summed E-state index contributed by atoms with van der Waals surface area (Å²) in [5.74, 6) is -1.32. The Balaban J connectivity index is 1.54. The number of hydrogen-bond donors (Lipinski definition) is 4. The van der Waals surface area contributed by atoms with Crippen LogP contribution in [0.5, 0.6) is 5.75 Å². The average Bonchev–Trinajstić information content (AvgIpc) is 2.89. The lowest BCUT2D eigenvalue weighted by Gasteiger charge is -2.38. The number of ether oxygens (including phenoxy) is 2. The van der Waals surface area contributed by atoms with E-state index >= 15 is 0 Å². The minimum absolute atomic E-state index is 0.0733. The van der Waals surface area contributed by atoms with Gasteiger partial charge < -0.3 is 29.9 Å². The molecule has 8 heteroatoms. The van der Waals surface area contributed by atoms with Gasteiger partial charge in [-0.3, -0.25) is 4.79 Å². The van der Waals surface area contributed by atoms with Gasteiger partial charge in [-0.1, -0.05) is 67.5 Å². The monoisotopic (exact) mass is 566 g/mol. The highest BCUT2D eigenvalue weighted by Crippen LogP contribution is 2.40. The zero-order chi connectivity index (χ0) is 30.3. The molecule has 1 saturated heterocycles. The smallest absolute Gasteiger partial charge is 0.335 e. The fourth-order valence-corrected chi connectivity index (χ4v) is 5.16. The molecule has 8 nitrogen and oxygen atoms in total. The minimum atomic E-state index is -1.79. The van der Waals surface area contributed by atoms with Crippen molar-refractivity contribution in [2.75, 3.05) is 0 Å². The molecular weight excluding hydrogens is 524 g/mol. The van der Waals surface area contributed by atoms with Gasteiger partial charge in [-0.15, -0.1) is 0 Å². The summed E-state index contributed by atoms with van der Waals surface area (Å²) in [6.45, 7) is 10.8. The molecule has 0 radical (unpaired) electrons. The maximum Gasteiger partial charge on any atom is 0.335 e. The van der Waals surface area contributed by atoms with E-state index in [1.54, 1.807) is 30.3 Å². The Morgan fingerprint density at radius 2 is 1.71 bits per heavy atom. The largest absolute Gasteiger partial charge is 0.479 e. The number of aliphatic carboxylic acids is 1. The summed E-state index contributed by atoms with van der Waals surface area (Å²) in [4.78, 5) is 23.8. The molecule has 1 aliphatic heterocycles. The van der Waals surface area contributed by atoms with Gasteiger partial charge in [0, 0.05) is 6.42 Å². The summed E-state index contributed by atoms with van der Waals surface area (Å²) in [7, 11) is 0. The molecule has 1 heterocycles. The van der Waals surface area contributed by atoms with E-state index in [2.05, 4.69) is 39.8 Å². The number of hydrogen-bond acceptors (Lipinski definition) is 7. The van der Waals surface area contributed by atoms with Crippen LogP contribution in [-0.2, 0) is 20.7 Å². The Hall–Kier alpha value is -3.30. The molecule has 1 aliphatic carbocycles. The van der Waals surface area contributed by atoms with Crippen molar-refractivity contribution in [1.29, 1.82) is 0 Å². The second-order valence-electron chi connectivity index (χ2n) is 11.6. The van der Waals surface area contributed by atoms with Crippen molar-refractivity contribution in [2.24, 2.45) is 5.41 Å².